The van der Waals surface area contributed by atoms with Crippen LogP contribution in [0, 0.1) is 12.7 Å². The quantitative estimate of drug-likeness (QED) is 0.903. The zero-order chi connectivity index (χ0) is 15.1. The van der Waals surface area contributed by atoms with E-state index in [2.05, 4.69) is 15.9 Å². The highest BCUT2D eigenvalue weighted by Gasteiger charge is 2.34. The molecule has 1 unspecified atom stereocenters. The topological polar surface area (TPSA) is 46.3 Å². The van der Waals surface area contributed by atoms with Gasteiger partial charge in [0.15, 0.2) is 0 Å². The van der Waals surface area contributed by atoms with Gasteiger partial charge in [-0.25, -0.2) is 4.39 Å². The maximum absolute atomic E-state index is 13.3. The standard InChI is InChI=1S/C16H14BrFN2O/c1-9-2-5-14-11(6-9)15(19)16(21)20(14)8-10-3-4-13(18)12(17)7-10/h2-7,15H,8,19H2,1H3. The molecule has 3 rings (SSSR count). The summed E-state index contributed by atoms with van der Waals surface area (Å²) in [6.45, 7) is 2.35. The van der Waals surface area contributed by atoms with Crippen molar-refractivity contribution in [1.82, 2.24) is 0 Å². The molecule has 0 saturated heterocycles. The van der Waals surface area contributed by atoms with E-state index in [1.807, 2.05) is 25.1 Å². The van der Waals surface area contributed by atoms with Gasteiger partial charge in [0.25, 0.3) is 0 Å². The molecule has 0 radical (unpaired) electrons. The van der Waals surface area contributed by atoms with Crippen LogP contribution in [0.15, 0.2) is 40.9 Å². The van der Waals surface area contributed by atoms with E-state index in [1.54, 1.807) is 17.0 Å². The largest absolute Gasteiger partial charge is 0.316 e. The van der Waals surface area contributed by atoms with Gasteiger partial charge in [0.05, 0.1) is 11.0 Å². The maximum atomic E-state index is 13.3. The Balaban J connectivity index is 1.96. The second kappa shape index (κ2) is 5.24. The van der Waals surface area contributed by atoms with Crippen LogP contribution < -0.4 is 10.6 Å². The van der Waals surface area contributed by atoms with Gasteiger partial charge in [-0.1, -0.05) is 23.8 Å². The summed E-state index contributed by atoms with van der Waals surface area (Å²) in [6, 6.07) is 9.93. The van der Waals surface area contributed by atoms with Crippen molar-refractivity contribution in [3.63, 3.8) is 0 Å². The van der Waals surface area contributed by atoms with Crippen LogP contribution >= 0.6 is 15.9 Å². The van der Waals surface area contributed by atoms with E-state index in [4.69, 9.17) is 5.73 Å². The third-order valence-electron chi connectivity index (χ3n) is 3.67. The van der Waals surface area contributed by atoms with Crippen LogP contribution in [0.1, 0.15) is 22.7 Å². The zero-order valence-corrected chi connectivity index (χ0v) is 13.0. The predicted octanol–water partition coefficient (Wildman–Crippen LogP) is 3.44. The van der Waals surface area contributed by atoms with Crippen molar-refractivity contribution in [3.8, 4) is 0 Å². The number of nitrogens with zero attached hydrogens (tertiary/aromatic N) is 1. The molecule has 5 heteroatoms. The molecule has 0 fully saturated rings. The molecule has 1 amide bonds. The molecule has 3 nitrogen and oxygen atoms in total. The molecule has 0 aliphatic carbocycles. The molecule has 2 N–H and O–H groups in total. The lowest BCUT2D eigenvalue weighted by molar-refractivity contribution is -0.119. The molecule has 0 bridgehead atoms. The first-order chi connectivity index (χ1) is 9.97. The number of aryl methyl sites for hydroxylation is 1. The van der Waals surface area contributed by atoms with E-state index < -0.39 is 6.04 Å². The monoisotopic (exact) mass is 348 g/mol. The zero-order valence-electron chi connectivity index (χ0n) is 11.4. The van der Waals surface area contributed by atoms with Crippen molar-refractivity contribution in [1.29, 1.82) is 0 Å². The summed E-state index contributed by atoms with van der Waals surface area (Å²) in [5, 5.41) is 0. The number of rotatable bonds is 2. The summed E-state index contributed by atoms with van der Waals surface area (Å²) in [5.41, 5.74) is 9.59. The number of benzene rings is 2. The van der Waals surface area contributed by atoms with Crippen molar-refractivity contribution < 1.29 is 9.18 Å². The average Bonchev–Trinajstić information content (AvgIpc) is 2.68. The lowest BCUT2D eigenvalue weighted by Gasteiger charge is -2.18. The highest BCUT2D eigenvalue weighted by molar-refractivity contribution is 9.10. The van der Waals surface area contributed by atoms with Gasteiger partial charge in [-0.2, -0.15) is 0 Å². The van der Waals surface area contributed by atoms with Crippen molar-refractivity contribution in [3.05, 3.63) is 63.4 Å². The first-order valence-corrected chi connectivity index (χ1v) is 7.38. The minimum atomic E-state index is -0.621. The Hall–Kier alpha value is -1.72. The first kappa shape index (κ1) is 14.2. The van der Waals surface area contributed by atoms with Gasteiger partial charge in [-0.05, 0) is 46.6 Å². The second-order valence-electron chi connectivity index (χ2n) is 5.21. The molecule has 108 valence electrons. The Morgan fingerprint density at radius 2 is 2.05 bits per heavy atom. The van der Waals surface area contributed by atoms with E-state index in [0.29, 0.717) is 11.0 Å². The number of hydrogen-bond acceptors (Lipinski definition) is 2. The van der Waals surface area contributed by atoms with Gasteiger partial charge in [0, 0.05) is 11.3 Å². The molecule has 2 aromatic rings. The SMILES string of the molecule is Cc1ccc2c(c1)C(N)C(=O)N2Cc1ccc(F)c(Br)c1. The van der Waals surface area contributed by atoms with Crippen LogP contribution in [0.25, 0.3) is 0 Å². The van der Waals surface area contributed by atoms with Crippen molar-refractivity contribution in [2.24, 2.45) is 5.73 Å². The molecule has 1 aliphatic heterocycles. The van der Waals surface area contributed by atoms with E-state index >= 15 is 0 Å². The Labute approximate surface area is 130 Å². The molecule has 1 aliphatic rings. The Kier molecular flexibility index (Phi) is 3.55. The fraction of sp³-hybridized carbons (Fsp3) is 0.188. The summed E-state index contributed by atoms with van der Waals surface area (Å²) >= 11 is 3.16. The lowest BCUT2D eigenvalue weighted by Crippen LogP contribution is -2.31. The summed E-state index contributed by atoms with van der Waals surface area (Å²) in [6.07, 6.45) is 0. The van der Waals surface area contributed by atoms with Gasteiger partial charge in [-0.3, -0.25) is 4.79 Å². The van der Waals surface area contributed by atoms with Crippen LogP contribution in [0.5, 0.6) is 0 Å². The Bertz CT molecular complexity index is 732. The Morgan fingerprint density at radius 1 is 1.29 bits per heavy atom. The highest BCUT2D eigenvalue weighted by atomic mass is 79.9. The number of carbonyl (C=O) groups excluding carboxylic acids is 1. The molecule has 21 heavy (non-hydrogen) atoms. The van der Waals surface area contributed by atoms with Gasteiger partial charge in [0.1, 0.15) is 11.9 Å². The minimum absolute atomic E-state index is 0.129. The number of anilines is 1. The van der Waals surface area contributed by atoms with E-state index in [1.165, 1.54) is 6.07 Å². The average molecular weight is 349 g/mol. The van der Waals surface area contributed by atoms with Crippen LogP contribution in [0.2, 0.25) is 0 Å². The van der Waals surface area contributed by atoms with Gasteiger partial charge in [-0.15, -0.1) is 0 Å². The van der Waals surface area contributed by atoms with Crippen LogP contribution in [-0.4, -0.2) is 5.91 Å². The van der Waals surface area contributed by atoms with Crippen molar-refractivity contribution >= 4 is 27.5 Å². The number of hydrogen-bond donors (Lipinski definition) is 1. The van der Waals surface area contributed by atoms with Gasteiger partial charge in [0.2, 0.25) is 5.91 Å². The van der Waals surface area contributed by atoms with Crippen LogP contribution in [0.3, 0.4) is 0 Å². The van der Waals surface area contributed by atoms with Crippen LogP contribution in [-0.2, 0) is 11.3 Å². The highest BCUT2D eigenvalue weighted by Crippen LogP contribution is 2.36. The first-order valence-electron chi connectivity index (χ1n) is 6.59. The number of fused-ring (bicyclic) bond motifs is 1. The van der Waals surface area contributed by atoms with Gasteiger partial charge >= 0.3 is 0 Å². The molecule has 1 heterocycles. The minimum Gasteiger partial charge on any atom is -0.316 e. The predicted molar refractivity (Wildman–Crippen MR) is 83.4 cm³/mol. The normalized spacial score (nSPS) is 17.2. The van der Waals surface area contributed by atoms with E-state index in [-0.39, 0.29) is 11.7 Å². The number of amides is 1. The van der Waals surface area contributed by atoms with Crippen LogP contribution in [0.4, 0.5) is 10.1 Å². The van der Waals surface area contributed by atoms with Crippen molar-refractivity contribution in [2.45, 2.75) is 19.5 Å². The maximum Gasteiger partial charge on any atom is 0.248 e. The summed E-state index contributed by atoms with van der Waals surface area (Å²) in [4.78, 5) is 14.0. The van der Waals surface area contributed by atoms with Gasteiger partial charge < -0.3 is 10.6 Å². The molecular weight excluding hydrogens is 335 g/mol. The fourth-order valence-electron chi connectivity index (χ4n) is 2.57. The van der Waals surface area contributed by atoms with Crippen molar-refractivity contribution in [2.75, 3.05) is 4.90 Å². The summed E-state index contributed by atoms with van der Waals surface area (Å²) < 4.78 is 13.7. The number of halogens is 2. The smallest absolute Gasteiger partial charge is 0.248 e. The Morgan fingerprint density at radius 3 is 2.76 bits per heavy atom. The van der Waals surface area contributed by atoms with E-state index in [9.17, 15) is 9.18 Å². The second-order valence-corrected chi connectivity index (χ2v) is 6.07. The molecule has 0 aromatic heterocycles. The molecule has 1 atom stereocenters. The lowest BCUT2D eigenvalue weighted by atomic mass is 10.1. The third-order valence-corrected chi connectivity index (χ3v) is 4.27. The third kappa shape index (κ3) is 2.47. The molecule has 0 spiro atoms. The van der Waals surface area contributed by atoms with E-state index in [0.717, 1.165) is 22.4 Å². The number of carbonyl (C=O) groups is 1. The summed E-state index contributed by atoms with van der Waals surface area (Å²) in [5.74, 6) is -0.449. The fourth-order valence-corrected chi connectivity index (χ4v) is 3.00. The number of nitrogens with two attached hydrogens (primary N) is 1. The molecular formula is C16H14BrFN2O. The summed E-state index contributed by atoms with van der Waals surface area (Å²) in [7, 11) is 0. The molecule has 2 aromatic carbocycles. The molecule has 0 saturated carbocycles.